The maximum atomic E-state index is 12.6. The van der Waals surface area contributed by atoms with Crippen molar-refractivity contribution in [1.82, 2.24) is 15.2 Å². The molecule has 0 radical (unpaired) electrons. The van der Waals surface area contributed by atoms with Gasteiger partial charge >= 0.3 is 12.0 Å². The Labute approximate surface area is 148 Å². The molecule has 8 nitrogen and oxygen atoms in total. The maximum absolute atomic E-state index is 12.6. The molecule has 2 aliphatic heterocycles. The molecule has 1 unspecified atom stereocenters. The zero-order valence-corrected chi connectivity index (χ0v) is 14.5. The first-order valence-corrected chi connectivity index (χ1v) is 7.79. The van der Waals surface area contributed by atoms with Crippen LogP contribution in [0.2, 0.25) is 10.0 Å². The van der Waals surface area contributed by atoms with Crippen LogP contribution in [-0.4, -0.2) is 58.2 Å². The minimum Gasteiger partial charge on any atom is -0.270 e. The highest BCUT2D eigenvalue weighted by Crippen LogP contribution is 2.27. The number of nitrogens with two attached hydrogens (primary N) is 1. The number of amidine groups is 1. The molecule has 126 valence electrons. The summed E-state index contributed by atoms with van der Waals surface area (Å²) in [6.07, 6.45) is 0. The van der Waals surface area contributed by atoms with E-state index in [1.165, 1.54) is 11.9 Å². The van der Waals surface area contributed by atoms with Crippen LogP contribution >= 0.6 is 23.2 Å². The number of likely N-dealkylation sites (N-methyl/N-ethyl adjacent to an activating group) is 2. The van der Waals surface area contributed by atoms with Crippen LogP contribution in [0.3, 0.4) is 0 Å². The van der Waals surface area contributed by atoms with Gasteiger partial charge in [-0.05, 0) is 12.1 Å². The Kier molecular flexibility index (Phi) is 4.20. The molecule has 3 N–H and O–H groups in total. The number of rotatable bonds is 2. The number of nitrogens with zero attached hydrogens (tertiary/aromatic N) is 4. The predicted molar refractivity (Wildman–Crippen MR) is 89.9 cm³/mol. The molecular weight excluding hydrogens is 355 g/mol. The Morgan fingerprint density at radius 3 is 2.46 bits per heavy atom. The lowest BCUT2D eigenvalue weighted by Gasteiger charge is -2.31. The van der Waals surface area contributed by atoms with E-state index in [0.29, 0.717) is 21.4 Å². The molecule has 1 atom stereocenters. The lowest BCUT2D eigenvalue weighted by molar-refractivity contribution is -0.553. The van der Waals surface area contributed by atoms with Gasteiger partial charge in [-0.15, -0.1) is 0 Å². The second-order valence-corrected chi connectivity index (χ2v) is 6.22. The molecule has 2 aliphatic rings. The van der Waals surface area contributed by atoms with Crippen molar-refractivity contribution in [3.8, 4) is 0 Å². The van der Waals surface area contributed by atoms with Gasteiger partial charge in [0.15, 0.2) is 0 Å². The van der Waals surface area contributed by atoms with E-state index < -0.39 is 18.0 Å². The minimum atomic E-state index is -0.781. The van der Waals surface area contributed by atoms with Gasteiger partial charge in [0.1, 0.15) is 0 Å². The summed E-state index contributed by atoms with van der Waals surface area (Å²) in [4.78, 5) is 31.3. The van der Waals surface area contributed by atoms with E-state index in [1.807, 2.05) is 0 Å². The van der Waals surface area contributed by atoms with Crippen molar-refractivity contribution in [2.24, 2.45) is 10.8 Å². The number of aliphatic imine (C=N–C) groups is 1. The Morgan fingerprint density at radius 2 is 1.88 bits per heavy atom. The van der Waals surface area contributed by atoms with Gasteiger partial charge in [-0.25, -0.2) is 14.8 Å². The van der Waals surface area contributed by atoms with Gasteiger partial charge in [0.05, 0.1) is 6.54 Å². The highest BCUT2D eigenvalue weighted by atomic mass is 35.5. The van der Waals surface area contributed by atoms with Gasteiger partial charge < -0.3 is 0 Å². The largest absolute Gasteiger partial charge is 0.407 e. The number of nitrogens with one attached hydrogen (secondary N) is 1. The first-order valence-electron chi connectivity index (χ1n) is 7.03. The number of imide groups is 1. The molecule has 2 heterocycles. The third-order valence-electron chi connectivity index (χ3n) is 4.05. The van der Waals surface area contributed by atoms with E-state index in [0.717, 1.165) is 4.90 Å². The molecule has 1 aromatic carbocycles. The molecule has 0 aromatic heterocycles. The predicted octanol–water partition coefficient (Wildman–Crippen LogP) is 0.630. The Morgan fingerprint density at radius 1 is 1.25 bits per heavy atom. The summed E-state index contributed by atoms with van der Waals surface area (Å²) in [5, 5.41) is 0.932. The quantitative estimate of drug-likeness (QED) is 0.454. The standard InChI is InChI=1S/C14H14Cl2N6O2/c1-20-11-10(12(23)21(2)14(20)24)22(13(18-11)19-17)6-7-8(15)4-3-5-9(7)16/h3-5,10H,6,17H2,1-2H3/p+1. The summed E-state index contributed by atoms with van der Waals surface area (Å²) < 4.78 is 1.63. The minimum absolute atomic E-state index is 0.206. The van der Waals surface area contributed by atoms with Crippen molar-refractivity contribution in [2.75, 3.05) is 14.1 Å². The van der Waals surface area contributed by atoms with Crippen molar-refractivity contribution >= 4 is 46.9 Å². The van der Waals surface area contributed by atoms with Crippen molar-refractivity contribution in [1.29, 1.82) is 0 Å². The number of fused-ring (bicyclic) bond motifs is 1. The number of halogens is 2. The summed E-state index contributed by atoms with van der Waals surface area (Å²) >= 11 is 12.4. The van der Waals surface area contributed by atoms with Gasteiger partial charge in [-0.3, -0.25) is 14.6 Å². The van der Waals surface area contributed by atoms with Gasteiger partial charge in [0, 0.05) is 29.7 Å². The number of carbonyl (C=O) groups is 2. The van der Waals surface area contributed by atoms with E-state index in [1.54, 1.807) is 29.8 Å². The Balaban J connectivity index is 2.05. The molecule has 1 saturated heterocycles. The fourth-order valence-electron chi connectivity index (χ4n) is 2.73. The fraction of sp³-hybridized carbons (Fsp3) is 0.286. The molecule has 24 heavy (non-hydrogen) atoms. The second-order valence-electron chi connectivity index (χ2n) is 5.41. The third-order valence-corrected chi connectivity index (χ3v) is 4.76. The molecule has 3 rings (SSSR count). The molecule has 1 fully saturated rings. The second kappa shape index (κ2) is 6.04. The van der Waals surface area contributed by atoms with Crippen LogP contribution in [0.1, 0.15) is 5.56 Å². The van der Waals surface area contributed by atoms with Crippen LogP contribution in [-0.2, 0) is 11.3 Å². The molecule has 0 bridgehead atoms. The highest BCUT2D eigenvalue weighted by Gasteiger charge is 2.51. The number of guanidine groups is 1. The van der Waals surface area contributed by atoms with E-state index in [2.05, 4.69) is 10.4 Å². The molecule has 0 spiro atoms. The number of amides is 3. The van der Waals surface area contributed by atoms with Gasteiger partial charge in [0.2, 0.25) is 11.9 Å². The number of hydrogen-bond donors (Lipinski definition) is 2. The van der Waals surface area contributed by atoms with Crippen molar-refractivity contribution in [2.45, 2.75) is 12.6 Å². The van der Waals surface area contributed by atoms with Gasteiger partial charge in [-0.2, -0.15) is 5.84 Å². The summed E-state index contributed by atoms with van der Waals surface area (Å²) in [5.74, 6) is 5.70. The van der Waals surface area contributed by atoms with E-state index in [-0.39, 0.29) is 12.5 Å². The topological polar surface area (TPSA) is 94.0 Å². The molecule has 1 aromatic rings. The summed E-state index contributed by atoms with van der Waals surface area (Å²) in [6.45, 7) is 0.206. The smallest absolute Gasteiger partial charge is 0.270 e. The third kappa shape index (κ3) is 2.43. The van der Waals surface area contributed by atoms with Crippen LogP contribution < -0.4 is 11.3 Å². The average Bonchev–Trinajstić information content (AvgIpc) is 2.93. The molecule has 3 amide bonds. The number of hydrogen-bond acceptors (Lipinski definition) is 5. The van der Waals surface area contributed by atoms with E-state index >= 15 is 0 Å². The number of benzene rings is 1. The molecule has 0 saturated carbocycles. The molecule has 0 aliphatic carbocycles. The van der Waals surface area contributed by atoms with Crippen molar-refractivity contribution < 1.29 is 14.2 Å². The summed E-state index contributed by atoms with van der Waals surface area (Å²) in [6, 6.07) is 3.92. The highest BCUT2D eigenvalue weighted by molar-refractivity contribution is 6.36. The number of carbonyl (C=O) groups excluding carboxylic acids is 2. The molecule has 10 heteroatoms. The first kappa shape index (κ1) is 16.7. The first-order chi connectivity index (χ1) is 11.4. The normalized spacial score (nSPS) is 20.5. The number of hydrazine groups is 1. The van der Waals surface area contributed by atoms with Gasteiger partial charge in [0.25, 0.3) is 5.91 Å². The van der Waals surface area contributed by atoms with E-state index in [4.69, 9.17) is 29.0 Å². The lowest BCUT2D eigenvalue weighted by atomic mass is 10.1. The van der Waals surface area contributed by atoms with Gasteiger partial charge in [-0.1, -0.05) is 34.3 Å². The maximum Gasteiger partial charge on any atom is 0.407 e. The molecular formula is C14H15Cl2N6O2+. The van der Waals surface area contributed by atoms with Crippen LogP contribution in [0.5, 0.6) is 0 Å². The average molecular weight is 370 g/mol. The summed E-state index contributed by atoms with van der Waals surface area (Å²) in [7, 11) is 2.98. The fourth-order valence-corrected chi connectivity index (χ4v) is 3.25. The van der Waals surface area contributed by atoms with E-state index in [9.17, 15) is 9.59 Å². The summed E-state index contributed by atoms with van der Waals surface area (Å²) in [5.41, 5.74) is 3.10. The van der Waals surface area contributed by atoms with Crippen molar-refractivity contribution in [3.63, 3.8) is 0 Å². The lowest BCUT2D eigenvalue weighted by Crippen LogP contribution is -2.61. The number of urea groups is 1. The Hall–Kier alpha value is -2.16. The van der Waals surface area contributed by atoms with Crippen LogP contribution in [0, 0.1) is 0 Å². The Bertz CT molecular complexity index is 786. The van der Waals surface area contributed by atoms with Crippen LogP contribution in [0.25, 0.3) is 0 Å². The SMILES string of the molecule is CN1C(=O)C2C(=NC(NN)=[N+]2Cc2c(Cl)cccc2Cl)N(C)C1=O. The van der Waals surface area contributed by atoms with Crippen molar-refractivity contribution in [3.05, 3.63) is 33.8 Å². The zero-order valence-electron chi connectivity index (χ0n) is 13.0. The van der Waals surface area contributed by atoms with Crippen LogP contribution in [0.15, 0.2) is 23.2 Å². The van der Waals surface area contributed by atoms with Crippen LogP contribution in [0.4, 0.5) is 4.79 Å². The zero-order chi connectivity index (χ0) is 17.6. The monoisotopic (exact) mass is 369 g/mol.